The molecule has 0 saturated heterocycles. The number of hydrogen-bond acceptors (Lipinski definition) is 5. The fourth-order valence-corrected chi connectivity index (χ4v) is 4.04. The zero-order valence-electron chi connectivity index (χ0n) is 16.5. The summed E-state index contributed by atoms with van der Waals surface area (Å²) in [7, 11) is 0. The van der Waals surface area contributed by atoms with E-state index < -0.39 is 0 Å². The van der Waals surface area contributed by atoms with Gasteiger partial charge in [0.05, 0.1) is 17.4 Å². The number of hydrogen-bond donors (Lipinski definition) is 3. The molecule has 8 heteroatoms. The Hall–Kier alpha value is -3.91. The van der Waals surface area contributed by atoms with Gasteiger partial charge in [-0.15, -0.1) is 0 Å². The zero-order chi connectivity index (χ0) is 20.8. The standard InChI is InChI=1S/C23H18FN7/c24-15-3-1-2-14(10-15)16-6-9-26-22-20(16)28-23(29-22)21-17-11-18(13-4-7-25-8-5-13)27-12-19(17)30-31-21/h1-4,6,9-12,25H,5,7-8H2,(H,30,31)(H,26,28,29). The molecule has 7 nitrogen and oxygen atoms in total. The van der Waals surface area contributed by atoms with Gasteiger partial charge in [-0.2, -0.15) is 5.10 Å². The second kappa shape index (κ2) is 7.10. The van der Waals surface area contributed by atoms with Crippen LogP contribution >= 0.6 is 0 Å². The number of fused-ring (bicyclic) bond motifs is 2. The average Bonchev–Trinajstić information content (AvgIpc) is 3.43. The van der Waals surface area contributed by atoms with Crippen LogP contribution in [0.1, 0.15) is 12.1 Å². The number of halogens is 1. The molecule has 0 aliphatic carbocycles. The minimum absolute atomic E-state index is 0.288. The number of nitrogens with zero attached hydrogens (tertiary/aromatic N) is 4. The van der Waals surface area contributed by atoms with Crippen molar-refractivity contribution in [3.05, 3.63) is 66.4 Å². The van der Waals surface area contributed by atoms with Crippen molar-refractivity contribution in [2.75, 3.05) is 13.1 Å². The normalized spacial score (nSPS) is 14.3. The van der Waals surface area contributed by atoms with Crippen LogP contribution in [0.15, 0.2) is 54.9 Å². The highest BCUT2D eigenvalue weighted by Crippen LogP contribution is 2.31. The molecule has 3 N–H and O–H groups in total. The number of H-pyrrole nitrogens is 2. The lowest BCUT2D eigenvalue weighted by Crippen LogP contribution is -2.20. The van der Waals surface area contributed by atoms with Crippen molar-refractivity contribution in [2.24, 2.45) is 0 Å². The number of aromatic nitrogens is 6. The molecule has 0 fully saturated rings. The number of rotatable bonds is 3. The van der Waals surface area contributed by atoms with E-state index in [1.165, 1.54) is 17.7 Å². The van der Waals surface area contributed by atoms with E-state index in [9.17, 15) is 4.39 Å². The second-order valence-corrected chi connectivity index (χ2v) is 7.52. The quantitative estimate of drug-likeness (QED) is 0.416. The Labute approximate surface area is 176 Å². The molecule has 0 spiro atoms. The molecule has 1 aliphatic heterocycles. The first-order valence-electron chi connectivity index (χ1n) is 10.1. The van der Waals surface area contributed by atoms with Gasteiger partial charge in [-0.1, -0.05) is 18.2 Å². The fraction of sp³-hybridized carbons (Fsp3) is 0.130. The van der Waals surface area contributed by atoms with Crippen LogP contribution in [0.2, 0.25) is 0 Å². The van der Waals surface area contributed by atoms with E-state index in [4.69, 9.17) is 4.98 Å². The van der Waals surface area contributed by atoms with Crippen molar-refractivity contribution in [3.63, 3.8) is 0 Å². The van der Waals surface area contributed by atoms with Gasteiger partial charge in [0.15, 0.2) is 11.5 Å². The monoisotopic (exact) mass is 411 g/mol. The lowest BCUT2D eigenvalue weighted by molar-refractivity contribution is 0.628. The van der Waals surface area contributed by atoms with Crippen molar-refractivity contribution in [1.82, 2.24) is 35.5 Å². The maximum Gasteiger partial charge on any atom is 0.160 e. The third-order valence-electron chi connectivity index (χ3n) is 5.58. The molecular formula is C23H18FN7. The topological polar surface area (TPSA) is 95.2 Å². The third-order valence-corrected chi connectivity index (χ3v) is 5.58. The fourth-order valence-electron chi connectivity index (χ4n) is 4.04. The Morgan fingerprint density at radius 2 is 2.03 bits per heavy atom. The molecule has 1 aromatic carbocycles. The molecule has 0 saturated carbocycles. The predicted molar refractivity (Wildman–Crippen MR) is 118 cm³/mol. The van der Waals surface area contributed by atoms with E-state index in [-0.39, 0.29) is 5.82 Å². The highest BCUT2D eigenvalue weighted by Gasteiger charge is 2.17. The number of benzene rings is 1. The van der Waals surface area contributed by atoms with Gasteiger partial charge < -0.3 is 10.3 Å². The van der Waals surface area contributed by atoms with E-state index in [1.807, 2.05) is 18.3 Å². The smallest absolute Gasteiger partial charge is 0.160 e. The maximum absolute atomic E-state index is 13.8. The number of pyridine rings is 2. The maximum atomic E-state index is 13.8. The van der Waals surface area contributed by atoms with Gasteiger partial charge in [0.25, 0.3) is 0 Å². The van der Waals surface area contributed by atoms with Crippen LogP contribution in [0.25, 0.3) is 50.3 Å². The van der Waals surface area contributed by atoms with E-state index >= 15 is 0 Å². The number of imidazole rings is 1. The van der Waals surface area contributed by atoms with E-state index in [0.717, 1.165) is 47.2 Å². The SMILES string of the molecule is Fc1cccc(-c2ccnc3[nH]c(-c4n[nH]c5cnc(C6=CCNCC6)cc45)nc23)c1. The van der Waals surface area contributed by atoms with Crippen molar-refractivity contribution >= 4 is 27.6 Å². The Bertz CT molecular complexity index is 1460. The molecule has 152 valence electrons. The Morgan fingerprint density at radius 3 is 2.90 bits per heavy atom. The number of nitrogens with one attached hydrogen (secondary N) is 3. The predicted octanol–water partition coefficient (Wildman–Crippen LogP) is 4.08. The third kappa shape index (κ3) is 3.08. The van der Waals surface area contributed by atoms with E-state index in [2.05, 4.69) is 42.6 Å². The molecular weight excluding hydrogens is 393 g/mol. The van der Waals surface area contributed by atoms with Crippen LogP contribution in [0, 0.1) is 5.82 Å². The summed E-state index contributed by atoms with van der Waals surface area (Å²) < 4.78 is 13.8. The van der Waals surface area contributed by atoms with Crippen LogP contribution < -0.4 is 5.32 Å². The Balaban J connectivity index is 1.49. The summed E-state index contributed by atoms with van der Waals surface area (Å²) in [5, 5.41) is 11.8. The van der Waals surface area contributed by atoms with Crippen molar-refractivity contribution in [2.45, 2.75) is 6.42 Å². The van der Waals surface area contributed by atoms with Crippen LogP contribution in [-0.2, 0) is 0 Å². The molecule has 1 aliphatic rings. The van der Waals surface area contributed by atoms with Crippen LogP contribution in [0.4, 0.5) is 4.39 Å². The number of aromatic amines is 2. The van der Waals surface area contributed by atoms with Crippen LogP contribution in [0.3, 0.4) is 0 Å². The molecule has 0 amide bonds. The summed E-state index contributed by atoms with van der Waals surface area (Å²) in [6, 6.07) is 10.4. The minimum Gasteiger partial charge on any atom is -0.321 e. The lowest BCUT2D eigenvalue weighted by Gasteiger charge is -2.13. The Kier molecular flexibility index (Phi) is 4.10. The van der Waals surface area contributed by atoms with Crippen molar-refractivity contribution in [3.8, 4) is 22.6 Å². The molecule has 5 aromatic rings. The van der Waals surface area contributed by atoms with Crippen molar-refractivity contribution < 1.29 is 4.39 Å². The molecule has 0 unspecified atom stereocenters. The molecule has 0 bridgehead atoms. The first-order chi connectivity index (χ1) is 15.3. The van der Waals surface area contributed by atoms with Gasteiger partial charge in [-0.25, -0.2) is 14.4 Å². The van der Waals surface area contributed by atoms with Gasteiger partial charge in [0.1, 0.15) is 17.0 Å². The first kappa shape index (κ1) is 17.9. The summed E-state index contributed by atoms with van der Waals surface area (Å²) >= 11 is 0. The molecule has 31 heavy (non-hydrogen) atoms. The summed E-state index contributed by atoms with van der Waals surface area (Å²) in [5.74, 6) is 0.317. The molecule has 4 aromatic heterocycles. The zero-order valence-corrected chi connectivity index (χ0v) is 16.5. The van der Waals surface area contributed by atoms with Gasteiger partial charge in [0.2, 0.25) is 0 Å². The van der Waals surface area contributed by atoms with Gasteiger partial charge >= 0.3 is 0 Å². The van der Waals surface area contributed by atoms with Crippen LogP contribution in [-0.4, -0.2) is 43.2 Å². The minimum atomic E-state index is -0.288. The Morgan fingerprint density at radius 1 is 1.06 bits per heavy atom. The summed E-state index contributed by atoms with van der Waals surface area (Å²) in [6.45, 7) is 1.80. The highest BCUT2D eigenvalue weighted by atomic mass is 19.1. The van der Waals surface area contributed by atoms with Gasteiger partial charge in [-0.3, -0.25) is 10.1 Å². The van der Waals surface area contributed by atoms with E-state index in [0.29, 0.717) is 22.7 Å². The molecule has 6 rings (SSSR count). The first-order valence-corrected chi connectivity index (χ1v) is 10.1. The summed E-state index contributed by atoms with van der Waals surface area (Å²) in [4.78, 5) is 17.1. The lowest BCUT2D eigenvalue weighted by atomic mass is 10.0. The second-order valence-electron chi connectivity index (χ2n) is 7.52. The van der Waals surface area contributed by atoms with Crippen LogP contribution in [0.5, 0.6) is 0 Å². The van der Waals surface area contributed by atoms with Gasteiger partial charge in [0, 0.05) is 23.7 Å². The average molecular weight is 411 g/mol. The molecule has 0 radical (unpaired) electrons. The van der Waals surface area contributed by atoms with Crippen molar-refractivity contribution in [1.29, 1.82) is 0 Å². The summed E-state index contributed by atoms with van der Waals surface area (Å²) in [5.41, 5.74) is 6.59. The van der Waals surface area contributed by atoms with E-state index in [1.54, 1.807) is 12.3 Å². The highest BCUT2D eigenvalue weighted by molar-refractivity contribution is 5.96. The largest absolute Gasteiger partial charge is 0.321 e. The summed E-state index contributed by atoms with van der Waals surface area (Å²) in [6.07, 6.45) is 6.62. The van der Waals surface area contributed by atoms with Gasteiger partial charge in [-0.05, 0) is 48.4 Å². The molecule has 0 atom stereocenters. The molecule has 5 heterocycles.